The van der Waals surface area contributed by atoms with Crippen molar-refractivity contribution in [1.29, 1.82) is 0 Å². The number of hydrogen-bond acceptors (Lipinski definition) is 3. The van der Waals surface area contributed by atoms with Gasteiger partial charge >= 0.3 is 17.4 Å². The molecule has 1 aromatic carbocycles. The second-order valence-electron chi connectivity index (χ2n) is 5.80. The maximum Gasteiger partial charge on any atom is 0.461 e. The molecule has 1 fully saturated rings. The molecule has 2 rings (SSSR count). The highest BCUT2D eigenvalue weighted by atomic mass is 79.9. The largest absolute Gasteiger partial charge is 0.461 e. The van der Waals surface area contributed by atoms with Gasteiger partial charge in [0.25, 0.3) is 9.84 Å². The van der Waals surface area contributed by atoms with Gasteiger partial charge in [-0.25, -0.2) is 8.42 Å². The molecule has 1 unspecified atom stereocenters. The van der Waals surface area contributed by atoms with Crippen LogP contribution < -0.4 is 0 Å². The predicted octanol–water partition coefficient (Wildman–Crippen LogP) is 5.15. The van der Waals surface area contributed by atoms with Crippen molar-refractivity contribution in [3.05, 3.63) is 26.6 Å². The van der Waals surface area contributed by atoms with Gasteiger partial charge in [-0.3, -0.25) is 0 Å². The fourth-order valence-electron chi connectivity index (χ4n) is 2.46. The first-order valence-electron chi connectivity index (χ1n) is 7.18. The highest BCUT2D eigenvalue weighted by Crippen LogP contribution is 2.51. The quantitative estimate of drug-likeness (QED) is 0.476. The molecular weight excluding hydrogens is 541 g/mol. The fourth-order valence-corrected chi connectivity index (χ4v) is 5.54. The minimum absolute atomic E-state index is 0.145. The monoisotopic (exact) mass is 549 g/mol. The fraction of sp³-hybridized carbons (Fsp3) is 0.571. The second-order valence-corrected chi connectivity index (χ2v) is 9.41. The SMILES string of the molecule is O=S(=O)(c1cc(Br)[c]c(Br)c1CC1CCOC1)C(F)(F)C(F)(F)C(F)(F)F. The average Bonchev–Trinajstić information content (AvgIpc) is 3.01. The van der Waals surface area contributed by atoms with Crippen molar-refractivity contribution in [1.82, 2.24) is 0 Å². The third-order valence-corrected chi connectivity index (χ3v) is 6.89. The Bertz CT molecular complexity index is 819. The molecule has 0 bridgehead atoms. The van der Waals surface area contributed by atoms with Crippen LogP contribution in [0.1, 0.15) is 12.0 Å². The van der Waals surface area contributed by atoms with E-state index in [-0.39, 0.29) is 33.5 Å². The van der Waals surface area contributed by atoms with Gasteiger partial charge < -0.3 is 4.74 Å². The van der Waals surface area contributed by atoms with E-state index in [0.29, 0.717) is 19.1 Å². The summed E-state index contributed by atoms with van der Waals surface area (Å²) < 4.78 is 121. The maximum atomic E-state index is 14.0. The first-order chi connectivity index (χ1) is 12.1. The summed E-state index contributed by atoms with van der Waals surface area (Å²) in [5, 5.41) is -6.42. The zero-order valence-corrected chi connectivity index (χ0v) is 17.0. The minimum Gasteiger partial charge on any atom is -0.381 e. The second kappa shape index (κ2) is 7.45. The Morgan fingerprint density at radius 1 is 1.15 bits per heavy atom. The van der Waals surface area contributed by atoms with Crippen molar-refractivity contribution in [2.75, 3.05) is 13.2 Å². The van der Waals surface area contributed by atoms with E-state index in [9.17, 15) is 39.2 Å². The van der Waals surface area contributed by atoms with Gasteiger partial charge in [-0.2, -0.15) is 30.7 Å². The van der Waals surface area contributed by atoms with Crippen molar-refractivity contribution in [3.63, 3.8) is 0 Å². The van der Waals surface area contributed by atoms with Crippen LogP contribution in [0.3, 0.4) is 0 Å². The molecule has 0 amide bonds. The Labute approximate surface area is 166 Å². The summed E-state index contributed by atoms with van der Waals surface area (Å²) in [6, 6.07) is 3.05. The predicted molar refractivity (Wildman–Crippen MR) is 86.4 cm³/mol. The maximum absolute atomic E-state index is 14.0. The lowest BCUT2D eigenvalue weighted by Gasteiger charge is -2.28. The van der Waals surface area contributed by atoms with Gasteiger partial charge in [-0.1, -0.05) is 15.9 Å². The summed E-state index contributed by atoms with van der Waals surface area (Å²) >= 11 is 5.69. The molecule has 0 aliphatic carbocycles. The van der Waals surface area contributed by atoms with Crippen molar-refractivity contribution in [2.24, 2.45) is 5.92 Å². The average molecular weight is 551 g/mol. The van der Waals surface area contributed by atoms with Gasteiger partial charge in [0.05, 0.1) is 4.90 Å². The van der Waals surface area contributed by atoms with E-state index in [1.165, 1.54) is 0 Å². The normalized spacial score (nSPS) is 19.5. The van der Waals surface area contributed by atoms with Crippen LogP contribution in [-0.2, 0) is 21.0 Å². The van der Waals surface area contributed by atoms with Gasteiger partial charge in [0.1, 0.15) is 0 Å². The van der Waals surface area contributed by atoms with E-state index in [1.54, 1.807) is 0 Å². The van der Waals surface area contributed by atoms with Crippen LogP contribution >= 0.6 is 31.9 Å². The number of halogens is 9. The smallest absolute Gasteiger partial charge is 0.381 e. The lowest BCUT2D eigenvalue weighted by Crippen LogP contribution is -2.56. The molecule has 153 valence electrons. The van der Waals surface area contributed by atoms with Gasteiger partial charge in [0.15, 0.2) is 0 Å². The first kappa shape index (κ1) is 22.9. The number of ether oxygens (including phenoxy) is 1. The van der Waals surface area contributed by atoms with Gasteiger partial charge in [-0.15, -0.1) is 0 Å². The van der Waals surface area contributed by atoms with Crippen LogP contribution in [0.5, 0.6) is 0 Å². The molecule has 1 aromatic rings. The van der Waals surface area contributed by atoms with Crippen LogP contribution in [0.2, 0.25) is 0 Å². The Morgan fingerprint density at radius 2 is 1.74 bits per heavy atom. The molecule has 0 saturated carbocycles. The molecule has 0 spiro atoms. The van der Waals surface area contributed by atoms with Crippen LogP contribution in [-0.4, -0.2) is 39.0 Å². The Morgan fingerprint density at radius 3 is 2.22 bits per heavy atom. The number of alkyl halides is 7. The summed E-state index contributed by atoms with van der Waals surface area (Å²) in [5.74, 6) is -7.10. The third-order valence-electron chi connectivity index (χ3n) is 3.91. The van der Waals surface area contributed by atoms with E-state index in [2.05, 4.69) is 37.9 Å². The Hall–Kier alpha value is -0.400. The van der Waals surface area contributed by atoms with Gasteiger partial charge in [-0.05, 0) is 46.3 Å². The van der Waals surface area contributed by atoms with E-state index < -0.39 is 32.1 Å². The summed E-state index contributed by atoms with van der Waals surface area (Å²) in [6.07, 6.45) is -6.51. The lowest BCUT2D eigenvalue weighted by atomic mass is 9.99. The molecule has 0 aromatic heterocycles. The molecule has 1 radical (unpaired) electrons. The van der Waals surface area contributed by atoms with E-state index in [1.807, 2.05) is 0 Å². The number of sulfone groups is 1. The first-order valence-corrected chi connectivity index (χ1v) is 10.2. The zero-order chi connectivity index (χ0) is 20.8. The highest BCUT2D eigenvalue weighted by molar-refractivity contribution is 9.11. The standard InChI is InChI=1S/C14H10Br2F7O3S/c15-8-4-10(16)9(3-7-1-2-26-6-7)11(5-8)27(24,25)14(22,23)12(17,18)13(19,20)21/h5,7H,1-3,6H2. The number of hydrogen-bond donors (Lipinski definition) is 0. The summed E-state index contributed by atoms with van der Waals surface area (Å²) in [7, 11) is -6.42. The van der Waals surface area contributed by atoms with Crippen molar-refractivity contribution >= 4 is 41.7 Å². The van der Waals surface area contributed by atoms with E-state index >= 15 is 0 Å². The topological polar surface area (TPSA) is 43.4 Å². The molecule has 3 nitrogen and oxygen atoms in total. The van der Waals surface area contributed by atoms with Crippen molar-refractivity contribution in [2.45, 2.75) is 35.1 Å². The van der Waals surface area contributed by atoms with Crippen LogP contribution in [0.25, 0.3) is 0 Å². The molecule has 1 saturated heterocycles. The molecule has 1 heterocycles. The Kier molecular flexibility index (Phi) is 6.31. The number of benzene rings is 1. The zero-order valence-electron chi connectivity index (χ0n) is 13.0. The molecule has 27 heavy (non-hydrogen) atoms. The van der Waals surface area contributed by atoms with Crippen molar-refractivity contribution < 1.29 is 43.9 Å². The van der Waals surface area contributed by atoms with Crippen LogP contribution in [0, 0.1) is 12.0 Å². The molecule has 1 aliphatic rings. The number of rotatable bonds is 5. The highest BCUT2D eigenvalue weighted by Gasteiger charge is 2.78. The molecule has 1 atom stereocenters. The van der Waals surface area contributed by atoms with E-state index in [0.717, 1.165) is 0 Å². The van der Waals surface area contributed by atoms with Crippen LogP contribution in [0.4, 0.5) is 30.7 Å². The molecule has 1 aliphatic heterocycles. The third kappa shape index (κ3) is 4.01. The van der Waals surface area contributed by atoms with Gasteiger partial charge in [0.2, 0.25) is 0 Å². The molecule has 0 N–H and O–H groups in total. The Balaban J connectivity index is 2.64. The summed E-state index contributed by atoms with van der Waals surface area (Å²) in [5.41, 5.74) is -0.369. The van der Waals surface area contributed by atoms with Gasteiger partial charge in [0, 0.05) is 28.2 Å². The summed E-state index contributed by atoms with van der Waals surface area (Å²) in [4.78, 5) is -1.33. The minimum atomic E-state index is -6.79. The van der Waals surface area contributed by atoms with Crippen molar-refractivity contribution in [3.8, 4) is 0 Å². The molecular formula is C14H10Br2F7O3S. The molecule has 13 heteroatoms. The summed E-state index contributed by atoms with van der Waals surface area (Å²) in [6.45, 7) is 0.490. The van der Waals surface area contributed by atoms with E-state index in [4.69, 9.17) is 4.74 Å². The van der Waals surface area contributed by atoms with Crippen LogP contribution in [0.15, 0.2) is 19.9 Å². The lowest BCUT2D eigenvalue weighted by molar-refractivity contribution is -0.332.